The summed E-state index contributed by atoms with van der Waals surface area (Å²) in [5.41, 5.74) is 0.587. The van der Waals surface area contributed by atoms with Gasteiger partial charge in [0.1, 0.15) is 23.6 Å². The van der Waals surface area contributed by atoms with Crippen LogP contribution in [0.4, 0.5) is 4.39 Å². The van der Waals surface area contributed by atoms with Crippen LogP contribution in [0.15, 0.2) is 18.2 Å². The number of carbonyl (C=O) groups excluding carboxylic acids is 3. The van der Waals surface area contributed by atoms with Crippen molar-refractivity contribution in [2.45, 2.75) is 50.6 Å². The molecule has 3 atom stereocenters. The maximum Gasteiger partial charge on any atom is 0.268 e. The zero-order valence-corrected chi connectivity index (χ0v) is 18.7. The van der Waals surface area contributed by atoms with Crippen molar-refractivity contribution in [2.75, 3.05) is 6.54 Å². The van der Waals surface area contributed by atoms with Gasteiger partial charge in [0.15, 0.2) is 0 Å². The molecular formula is C23H25ClFN5O3. The highest BCUT2D eigenvalue weighted by Gasteiger charge is 2.33. The van der Waals surface area contributed by atoms with Gasteiger partial charge in [-0.2, -0.15) is 5.26 Å². The first-order valence-corrected chi connectivity index (χ1v) is 11.5. The van der Waals surface area contributed by atoms with Crippen molar-refractivity contribution >= 4 is 40.2 Å². The Morgan fingerprint density at radius 1 is 1.21 bits per heavy atom. The Labute approximate surface area is 195 Å². The molecule has 1 aliphatic carbocycles. The second-order valence-electron chi connectivity index (χ2n) is 8.80. The molecule has 2 heterocycles. The molecule has 4 N–H and O–H groups in total. The third-order valence-corrected chi connectivity index (χ3v) is 6.47. The lowest BCUT2D eigenvalue weighted by molar-refractivity contribution is -0.128. The van der Waals surface area contributed by atoms with Crippen molar-refractivity contribution in [2.24, 2.45) is 11.8 Å². The van der Waals surface area contributed by atoms with E-state index in [1.807, 2.05) is 0 Å². The minimum atomic E-state index is -0.834. The molecule has 2 fully saturated rings. The van der Waals surface area contributed by atoms with E-state index < -0.39 is 29.7 Å². The van der Waals surface area contributed by atoms with Crippen LogP contribution in [0, 0.1) is 29.0 Å². The van der Waals surface area contributed by atoms with Crippen LogP contribution in [-0.2, 0) is 9.59 Å². The zero-order valence-electron chi connectivity index (χ0n) is 17.9. The Morgan fingerprint density at radius 2 is 2.00 bits per heavy atom. The van der Waals surface area contributed by atoms with E-state index in [2.05, 4.69) is 27.0 Å². The summed E-state index contributed by atoms with van der Waals surface area (Å²) in [4.78, 5) is 40.7. The second kappa shape index (κ2) is 9.79. The standard InChI is InChI=1S/C23H25ClFN5O3/c24-17-10-15(25)7-14-9-19(29-20(14)17)23(33)30-18(6-12-3-4-12)22(32)28-16(11-26)8-13-2-1-5-27-21(13)31/h7,9-10,12-13,16,18,29H,1-6,8H2,(H,27,31)(H,28,32)(H,30,33)/t13?,16-,18?/m0/s1. The fraction of sp³-hybridized carbons (Fsp3) is 0.478. The van der Waals surface area contributed by atoms with Gasteiger partial charge < -0.3 is 20.9 Å². The van der Waals surface area contributed by atoms with E-state index in [1.165, 1.54) is 12.1 Å². The predicted octanol–water partition coefficient (Wildman–Crippen LogP) is 2.78. The summed E-state index contributed by atoms with van der Waals surface area (Å²) < 4.78 is 13.6. The monoisotopic (exact) mass is 473 g/mol. The number of amides is 3. The Kier molecular flexibility index (Phi) is 6.84. The third-order valence-electron chi connectivity index (χ3n) is 6.17. The van der Waals surface area contributed by atoms with Crippen molar-refractivity contribution in [3.8, 4) is 6.07 Å². The SMILES string of the molecule is N#C[C@H](CC1CCCNC1=O)NC(=O)C(CC1CC1)NC(=O)c1cc2cc(F)cc(Cl)c2[nH]1. The minimum absolute atomic E-state index is 0.104. The Morgan fingerprint density at radius 3 is 2.70 bits per heavy atom. The Hall–Kier alpha value is -3.12. The molecule has 1 aromatic heterocycles. The van der Waals surface area contributed by atoms with E-state index in [1.54, 1.807) is 0 Å². The average molecular weight is 474 g/mol. The van der Waals surface area contributed by atoms with Gasteiger partial charge in [0.25, 0.3) is 5.91 Å². The van der Waals surface area contributed by atoms with E-state index in [0.29, 0.717) is 36.2 Å². The van der Waals surface area contributed by atoms with Gasteiger partial charge in [-0.1, -0.05) is 24.4 Å². The fourth-order valence-electron chi connectivity index (χ4n) is 4.20. The number of carbonyl (C=O) groups is 3. The molecule has 4 rings (SSSR count). The maximum atomic E-state index is 13.6. The Balaban J connectivity index is 1.44. The molecule has 3 amide bonds. The quantitative estimate of drug-likeness (QED) is 0.470. The lowest BCUT2D eigenvalue weighted by atomic mass is 9.92. The van der Waals surface area contributed by atoms with Gasteiger partial charge >= 0.3 is 0 Å². The molecule has 1 saturated carbocycles. The van der Waals surface area contributed by atoms with Gasteiger partial charge in [0, 0.05) is 17.8 Å². The van der Waals surface area contributed by atoms with E-state index in [4.69, 9.17) is 11.6 Å². The second-order valence-corrected chi connectivity index (χ2v) is 9.20. The number of fused-ring (bicyclic) bond motifs is 1. The highest BCUT2D eigenvalue weighted by Crippen LogP contribution is 2.34. The highest BCUT2D eigenvalue weighted by atomic mass is 35.5. The summed E-state index contributed by atoms with van der Waals surface area (Å²) in [6.07, 6.45) is 4.14. The Bertz CT molecular complexity index is 1120. The zero-order chi connectivity index (χ0) is 23.5. The van der Waals surface area contributed by atoms with Gasteiger partial charge in [0.05, 0.1) is 16.6 Å². The molecule has 2 aliphatic rings. The number of benzene rings is 1. The van der Waals surface area contributed by atoms with E-state index >= 15 is 0 Å². The largest absolute Gasteiger partial charge is 0.356 e. The van der Waals surface area contributed by atoms with Crippen LogP contribution in [0.1, 0.15) is 49.0 Å². The lowest BCUT2D eigenvalue weighted by Gasteiger charge is -2.25. The van der Waals surface area contributed by atoms with Gasteiger partial charge in [-0.05, 0) is 49.8 Å². The molecule has 1 aliphatic heterocycles. The molecule has 0 bridgehead atoms. The van der Waals surface area contributed by atoms with Crippen LogP contribution in [0.25, 0.3) is 10.9 Å². The molecule has 2 aromatic rings. The molecule has 0 radical (unpaired) electrons. The topological polar surface area (TPSA) is 127 Å². The number of aromatic amines is 1. The number of nitrogens with one attached hydrogen (secondary N) is 4. The number of nitriles is 1. The molecule has 1 aromatic carbocycles. The number of aromatic nitrogens is 1. The van der Waals surface area contributed by atoms with Gasteiger partial charge in [-0.25, -0.2) is 4.39 Å². The molecule has 2 unspecified atom stereocenters. The summed E-state index contributed by atoms with van der Waals surface area (Å²) in [6.45, 7) is 0.625. The number of halogens is 2. The summed E-state index contributed by atoms with van der Waals surface area (Å²) in [7, 11) is 0. The first-order valence-electron chi connectivity index (χ1n) is 11.1. The van der Waals surface area contributed by atoms with Crippen molar-refractivity contribution in [1.82, 2.24) is 20.9 Å². The fourth-order valence-corrected chi connectivity index (χ4v) is 4.46. The number of hydrogen-bond acceptors (Lipinski definition) is 4. The van der Waals surface area contributed by atoms with Crippen LogP contribution in [0.5, 0.6) is 0 Å². The van der Waals surface area contributed by atoms with Gasteiger partial charge in [0.2, 0.25) is 11.8 Å². The normalized spacial score (nSPS) is 19.9. The summed E-state index contributed by atoms with van der Waals surface area (Å²) in [5.74, 6) is -1.60. The number of hydrogen-bond donors (Lipinski definition) is 4. The van der Waals surface area contributed by atoms with E-state index in [9.17, 15) is 24.0 Å². The molecule has 8 nitrogen and oxygen atoms in total. The predicted molar refractivity (Wildman–Crippen MR) is 120 cm³/mol. The van der Waals surface area contributed by atoms with Crippen LogP contribution >= 0.6 is 11.6 Å². The van der Waals surface area contributed by atoms with Gasteiger partial charge in [-0.15, -0.1) is 0 Å². The maximum absolute atomic E-state index is 13.6. The van der Waals surface area contributed by atoms with Crippen molar-refractivity contribution in [1.29, 1.82) is 5.26 Å². The van der Waals surface area contributed by atoms with E-state index in [0.717, 1.165) is 25.3 Å². The molecular weight excluding hydrogens is 449 g/mol. The van der Waals surface area contributed by atoms with E-state index in [-0.39, 0.29) is 29.0 Å². The van der Waals surface area contributed by atoms with Crippen molar-refractivity contribution in [3.63, 3.8) is 0 Å². The summed E-state index contributed by atoms with van der Waals surface area (Å²) in [6, 6.07) is 4.29. The number of H-pyrrole nitrogens is 1. The number of nitrogens with zero attached hydrogens (tertiary/aromatic N) is 1. The van der Waals surface area contributed by atoms with Crippen molar-refractivity contribution in [3.05, 3.63) is 34.7 Å². The van der Waals surface area contributed by atoms with Crippen LogP contribution in [0.2, 0.25) is 5.02 Å². The first-order chi connectivity index (χ1) is 15.8. The molecule has 1 saturated heterocycles. The smallest absolute Gasteiger partial charge is 0.268 e. The number of piperidine rings is 1. The molecule has 174 valence electrons. The highest BCUT2D eigenvalue weighted by molar-refractivity contribution is 6.35. The molecule has 10 heteroatoms. The summed E-state index contributed by atoms with van der Waals surface area (Å²) >= 11 is 6.05. The van der Waals surface area contributed by atoms with Crippen LogP contribution in [-0.4, -0.2) is 41.3 Å². The van der Waals surface area contributed by atoms with Crippen LogP contribution in [0.3, 0.4) is 0 Å². The average Bonchev–Trinajstić information content (AvgIpc) is 3.49. The minimum Gasteiger partial charge on any atom is -0.356 e. The number of rotatable bonds is 8. The third kappa shape index (κ3) is 5.63. The molecule has 33 heavy (non-hydrogen) atoms. The molecule has 0 spiro atoms. The lowest BCUT2D eigenvalue weighted by Crippen LogP contribution is -2.50. The summed E-state index contributed by atoms with van der Waals surface area (Å²) in [5, 5.41) is 18.3. The van der Waals surface area contributed by atoms with Crippen molar-refractivity contribution < 1.29 is 18.8 Å². The first kappa shape index (κ1) is 23.1. The van der Waals surface area contributed by atoms with Crippen LogP contribution < -0.4 is 16.0 Å². The van der Waals surface area contributed by atoms with Gasteiger partial charge in [-0.3, -0.25) is 14.4 Å².